The van der Waals surface area contributed by atoms with Gasteiger partial charge in [-0.05, 0) is 15.9 Å². The van der Waals surface area contributed by atoms with Gasteiger partial charge < -0.3 is 10.1 Å². The second kappa shape index (κ2) is 6.51. The molecule has 1 N–H and O–H groups in total. The largest absolute Gasteiger partial charge is 0.411 e. The summed E-state index contributed by atoms with van der Waals surface area (Å²) in [6.45, 7) is -0.410. The third-order valence-electron chi connectivity index (χ3n) is 2.44. The van der Waals surface area contributed by atoms with Crippen molar-refractivity contribution in [2.75, 3.05) is 19.8 Å². The maximum atomic E-state index is 11.8. The van der Waals surface area contributed by atoms with Crippen molar-refractivity contribution in [2.45, 2.75) is 12.7 Å². The van der Waals surface area contributed by atoms with E-state index >= 15 is 0 Å². The van der Waals surface area contributed by atoms with E-state index in [0.29, 0.717) is 23.3 Å². The first-order valence-corrected chi connectivity index (χ1v) is 6.58. The van der Waals surface area contributed by atoms with Gasteiger partial charge in [0, 0.05) is 19.3 Å². The summed E-state index contributed by atoms with van der Waals surface area (Å²) in [5.74, 6) is 0. The Hall–Kier alpha value is -1.19. The minimum Gasteiger partial charge on any atom is -0.371 e. The van der Waals surface area contributed by atoms with E-state index in [9.17, 15) is 13.2 Å². The number of nitrogens with one attached hydrogen (secondary N) is 1. The molecule has 9 heteroatoms. The highest BCUT2D eigenvalue weighted by molar-refractivity contribution is 9.10. The average Bonchev–Trinajstić information content (AvgIpc) is 2.75. The van der Waals surface area contributed by atoms with Crippen molar-refractivity contribution in [3.05, 3.63) is 28.9 Å². The second-order valence-corrected chi connectivity index (χ2v) is 4.84. The van der Waals surface area contributed by atoms with Gasteiger partial charge in [-0.15, -0.1) is 0 Å². The number of hydrogen-bond acceptors (Lipinski definition) is 4. The van der Waals surface area contributed by atoms with Crippen LogP contribution in [0.5, 0.6) is 0 Å². The Bertz CT molecular complexity index is 572. The number of aromatic nitrogens is 3. The molecule has 0 atom stereocenters. The van der Waals surface area contributed by atoms with E-state index in [-0.39, 0.29) is 6.61 Å². The molecular formula is C11H12BrF3N4O. The van der Waals surface area contributed by atoms with E-state index < -0.39 is 12.8 Å². The number of alkyl halides is 3. The van der Waals surface area contributed by atoms with Gasteiger partial charge in [0.1, 0.15) is 11.2 Å². The lowest BCUT2D eigenvalue weighted by atomic mass is 10.4. The number of nitrogens with zero attached hydrogens (tertiary/aromatic N) is 3. The van der Waals surface area contributed by atoms with Crippen LogP contribution < -0.4 is 5.32 Å². The molecule has 20 heavy (non-hydrogen) atoms. The standard InChI is InChI=1S/C11H12BrF3N4O/c12-9-6-19-8(4-18-10(19)5-17-9)3-16-1-2-20-7-11(13,14)15/h4-6,16H,1-3,7H2. The molecule has 2 heterocycles. The van der Waals surface area contributed by atoms with E-state index in [2.05, 4.69) is 36.0 Å². The highest BCUT2D eigenvalue weighted by Crippen LogP contribution is 2.14. The first-order valence-electron chi connectivity index (χ1n) is 5.78. The smallest absolute Gasteiger partial charge is 0.371 e. The van der Waals surface area contributed by atoms with Gasteiger partial charge in [-0.1, -0.05) is 0 Å². The molecule has 0 fully saturated rings. The molecule has 2 aromatic heterocycles. The predicted molar refractivity (Wildman–Crippen MR) is 69.3 cm³/mol. The Balaban J connectivity index is 1.77. The van der Waals surface area contributed by atoms with Crippen molar-refractivity contribution >= 4 is 21.6 Å². The molecule has 110 valence electrons. The Morgan fingerprint density at radius 2 is 2.10 bits per heavy atom. The predicted octanol–water partition coefficient (Wildman–Crippen LogP) is 2.16. The molecule has 0 radical (unpaired) electrons. The molecule has 0 bridgehead atoms. The summed E-state index contributed by atoms with van der Waals surface area (Å²) in [6.07, 6.45) is 0.813. The number of rotatable bonds is 6. The van der Waals surface area contributed by atoms with Crippen molar-refractivity contribution in [3.8, 4) is 0 Å². The lowest BCUT2D eigenvalue weighted by Gasteiger charge is -2.08. The van der Waals surface area contributed by atoms with Gasteiger partial charge in [0.2, 0.25) is 0 Å². The Kier molecular flexibility index (Phi) is 4.95. The highest BCUT2D eigenvalue weighted by atomic mass is 79.9. The first kappa shape index (κ1) is 15.2. The van der Waals surface area contributed by atoms with Crippen LogP contribution in [0, 0.1) is 0 Å². The first-order chi connectivity index (χ1) is 9.46. The molecule has 0 aromatic carbocycles. The fourth-order valence-electron chi connectivity index (χ4n) is 1.60. The van der Waals surface area contributed by atoms with Gasteiger partial charge in [0.05, 0.1) is 24.7 Å². The quantitative estimate of drug-likeness (QED) is 0.809. The number of ether oxygens (including phenoxy) is 1. The zero-order chi connectivity index (χ0) is 14.6. The summed E-state index contributed by atoms with van der Waals surface area (Å²) in [4.78, 5) is 8.22. The van der Waals surface area contributed by atoms with E-state index in [0.717, 1.165) is 5.69 Å². The third kappa shape index (κ3) is 4.43. The summed E-state index contributed by atoms with van der Waals surface area (Å²) in [7, 11) is 0. The van der Waals surface area contributed by atoms with Gasteiger partial charge >= 0.3 is 6.18 Å². The van der Waals surface area contributed by atoms with Crippen molar-refractivity contribution in [1.82, 2.24) is 19.7 Å². The number of fused-ring (bicyclic) bond motifs is 1. The van der Waals surface area contributed by atoms with Crippen LogP contribution in [0.2, 0.25) is 0 Å². The molecule has 5 nitrogen and oxygen atoms in total. The molecule has 0 unspecified atom stereocenters. The lowest BCUT2D eigenvalue weighted by Crippen LogP contribution is -2.24. The summed E-state index contributed by atoms with van der Waals surface area (Å²) in [6, 6.07) is 0. The van der Waals surface area contributed by atoms with Gasteiger partial charge in [-0.2, -0.15) is 13.2 Å². The topological polar surface area (TPSA) is 51.5 Å². The molecule has 0 saturated carbocycles. The van der Waals surface area contributed by atoms with Crippen LogP contribution in [0.25, 0.3) is 5.65 Å². The number of hydrogen-bond donors (Lipinski definition) is 1. The monoisotopic (exact) mass is 352 g/mol. The Labute approximate surface area is 121 Å². The van der Waals surface area contributed by atoms with Crippen molar-refractivity contribution in [1.29, 1.82) is 0 Å². The van der Waals surface area contributed by atoms with E-state index in [1.807, 2.05) is 4.40 Å². The Morgan fingerprint density at radius 1 is 1.30 bits per heavy atom. The van der Waals surface area contributed by atoms with Crippen molar-refractivity contribution in [3.63, 3.8) is 0 Å². The summed E-state index contributed by atoms with van der Waals surface area (Å²) in [5, 5.41) is 3.00. The van der Waals surface area contributed by atoms with Gasteiger partial charge in [0.25, 0.3) is 0 Å². The molecular weight excluding hydrogens is 341 g/mol. The van der Waals surface area contributed by atoms with Crippen LogP contribution in [-0.4, -0.2) is 40.3 Å². The molecule has 0 aliphatic carbocycles. The van der Waals surface area contributed by atoms with E-state index in [1.165, 1.54) is 0 Å². The minimum atomic E-state index is -4.28. The van der Waals surface area contributed by atoms with E-state index in [4.69, 9.17) is 0 Å². The van der Waals surface area contributed by atoms with Crippen LogP contribution in [-0.2, 0) is 11.3 Å². The van der Waals surface area contributed by atoms with Crippen LogP contribution >= 0.6 is 15.9 Å². The summed E-state index contributed by atoms with van der Waals surface area (Å²) in [5.41, 5.74) is 1.59. The van der Waals surface area contributed by atoms with Crippen LogP contribution in [0.15, 0.2) is 23.2 Å². The van der Waals surface area contributed by atoms with Gasteiger partial charge in [-0.25, -0.2) is 9.97 Å². The minimum absolute atomic E-state index is 0.00148. The van der Waals surface area contributed by atoms with Crippen LogP contribution in [0.4, 0.5) is 13.2 Å². The fourth-order valence-corrected chi connectivity index (χ4v) is 1.90. The van der Waals surface area contributed by atoms with Crippen molar-refractivity contribution < 1.29 is 17.9 Å². The zero-order valence-electron chi connectivity index (χ0n) is 10.3. The van der Waals surface area contributed by atoms with Crippen LogP contribution in [0.3, 0.4) is 0 Å². The molecule has 0 amide bonds. The third-order valence-corrected chi connectivity index (χ3v) is 2.85. The number of halogens is 4. The molecule has 0 spiro atoms. The van der Waals surface area contributed by atoms with Gasteiger partial charge in [0.15, 0.2) is 5.65 Å². The fraction of sp³-hybridized carbons (Fsp3) is 0.455. The molecule has 0 aliphatic heterocycles. The zero-order valence-corrected chi connectivity index (χ0v) is 11.9. The van der Waals surface area contributed by atoms with Crippen molar-refractivity contribution in [2.24, 2.45) is 0 Å². The molecule has 2 rings (SSSR count). The molecule has 0 aliphatic rings. The second-order valence-electron chi connectivity index (χ2n) is 4.03. The lowest BCUT2D eigenvalue weighted by molar-refractivity contribution is -0.173. The maximum absolute atomic E-state index is 11.8. The Morgan fingerprint density at radius 3 is 2.85 bits per heavy atom. The molecule has 0 saturated heterocycles. The normalized spacial score (nSPS) is 12.2. The van der Waals surface area contributed by atoms with Crippen LogP contribution in [0.1, 0.15) is 5.69 Å². The highest BCUT2D eigenvalue weighted by Gasteiger charge is 2.27. The SMILES string of the molecule is FC(F)(F)COCCNCc1cnc2cnc(Br)cn12. The average molecular weight is 353 g/mol. The van der Waals surface area contributed by atoms with Gasteiger partial charge in [-0.3, -0.25) is 4.40 Å². The maximum Gasteiger partial charge on any atom is 0.411 e. The molecule has 2 aromatic rings. The summed E-state index contributed by atoms with van der Waals surface area (Å²) >= 11 is 3.27. The van der Waals surface area contributed by atoms with E-state index in [1.54, 1.807) is 18.6 Å². The number of imidazole rings is 1. The summed E-state index contributed by atoms with van der Waals surface area (Å²) < 4.78 is 42.5.